The number of hydrogen-bond donors (Lipinski definition) is 2. The summed E-state index contributed by atoms with van der Waals surface area (Å²) in [7, 11) is 1.51. The van der Waals surface area contributed by atoms with Crippen molar-refractivity contribution in [3.8, 4) is 11.5 Å². The zero-order chi connectivity index (χ0) is 19.3. The summed E-state index contributed by atoms with van der Waals surface area (Å²) in [6.07, 6.45) is -3.00. The molecular weight excluding hydrogens is 350 g/mol. The van der Waals surface area contributed by atoms with Gasteiger partial charge in [-0.1, -0.05) is 36.4 Å². The second kappa shape index (κ2) is 8.67. The van der Waals surface area contributed by atoms with Crippen LogP contribution in [0.15, 0.2) is 48.5 Å². The number of methoxy groups -OCH3 is 1. The first-order valence-corrected chi connectivity index (χ1v) is 9.17. The molecule has 1 saturated heterocycles. The first-order valence-electron chi connectivity index (χ1n) is 9.17. The highest BCUT2D eigenvalue weighted by Crippen LogP contribution is 2.35. The molecule has 0 saturated carbocycles. The van der Waals surface area contributed by atoms with E-state index in [4.69, 9.17) is 9.47 Å². The van der Waals surface area contributed by atoms with Crippen molar-refractivity contribution in [3.05, 3.63) is 59.7 Å². The Kier molecular flexibility index (Phi) is 6.29. The lowest BCUT2D eigenvalue weighted by Crippen LogP contribution is -2.58. The van der Waals surface area contributed by atoms with Crippen LogP contribution in [-0.2, 0) is 12.0 Å². The van der Waals surface area contributed by atoms with Crippen molar-refractivity contribution in [1.82, 2.24) is 10.6 Å². The molecule has 1 aliphatic heterocycles. The lowest BCUT2D eigenvalue weighted by Gasteiger charge is -2.40. The van der Waals surface area contributed by atoms with Crippen molar-refractivity contribution in [3.63, 3.8) is 0 Å². The summed E-state index contributed by atoms with van der Waals surface area (Å²) in [6, 6.07) is 15.8. The van der Waals surface area contributed by atoms with Gasteiger partial charge in [-0.15, -0.1) is 0 Å². The second-order valence-electron chi connectivity index (χ2n) is 6.87. The molecule has 1 fully saturated rings. The van der Waals surface area contributed by atoms with E-state index in [1.165, 1.54) is 19.6 Å². The molecule has 2 N–H and O–H groups in total. The van der Waals surface area contributed by atoms with Crippen LogP contribution < -0.4 is 20.1 Å². The van der Waals surface area contributed by atoms with Gasteiger partial charge in [-0.05, 0) is 36.6 Å². The molecule has 0 aliphatic carbocycles. The first kappa shape index (κ1) is 19.6. The van der Waals surface area contributed by atoms with Gasteiger partial charge in [-0.25, -0.2) is 8.78 Å². The predicted molar refractivity (Wildman–Crippen MR) is 102 cm³/mol. The minimum Gasteiger partial charge on any atom is -0.493 e. The van der Waals surface area contributed by atoms with Crippen LogP contribution in [-0.4, -0.2) is 39.3 Å². The monoisotopic (exact) mass is 376 g/mol. The topological polar surface area (TPSA) is 42.5 Å². The second-order valence-corrected chi connectivity index (χ2v) is 6.87. The lowest BCUT2D eigenvalue weighted by molar-refractivity contribution is 0.0212. The molecule has 1 aliphatic rings. The van der Waals surface area contributed by atoms with Gasteiger partial charge in [0.05, 0.1) is 12.6 Å². The highest BCUT2D eigenvalue weighted by Gasteiger charge is 2.35. The summed E-state index contributed by atoms with van der Waals surface area (Å²) in [5.74, 6) is 0.785. The van der Waals surface area contributed by atoms with Crippen LogP contribution in [0.1, 0.15) is 18.1 Å². The zero-order valence-electron chi connectivity index (χ0n) is 15.7. The van der Waals surface area contributed by atoms with Gasteiger partial charge in [0.2, 0.25) is 0 Å². The van der Waals surface area contributed by atoms with E-state index in [9.17, 15) is 8.78 Å². The third kappa shape index (κ3) is 4.57. The van der Waals surface area contributed by atoms with Gasteiger partial charge >= 0.3 is 0 Å². The van der Waals surface area contributed by atoms with Crippen molar-refractivity contribution >= 4 is 0 Å². The van der Waals surface area contributed by atoms with E-state index in [1.807, 2.05) is 30.3 Å². The third-order valence-corrected chi connectivity index (χ3v) is 4.92. The molecule has 1 heterocycles. The molecule has 0 radical (unpaired) electrons. The molecule has 2 aromatic carbocycles. The summed E-state index contributed by atoms with van der Waals surface area (Å²) < 4.78 is 36.8. The van der Waals surface area contributed by atoms with Crippen LogP contribution >= 0.6 is 0 Å². The van der Waals surface area contributed by atoms with Crippen molar-refractivity contribution in [2.75, 3.05) is 26.7 Å². The molecule has 4 nitrogen and oxygen atoms in total. The number of nitrogens with one attached hydrogen (secondary N) is 2. The maximum absolute atomic E-state index is 13.0. The molecule has 0 aromatic heterocycles. The Morgan fingerprint density at radius 2 is 1.85 bits per heavy atom. The Balaban J connectivity index is 1.96. The molecule has 0 spiro atoms. The smallest absolute Gasteiger partial charge is 0.274 e. The Morgan fingerprint density at radius 1 is 1.07 bits per heavy atom. The summed E-state index contributed by atoms with van der Waals surface area (Å²) in [5, 5.41) is 7.08. The SMILES string of the molecule is COc1ccc(C2(Cc3ccccc3)CNCCN2)cc1O[C@@H](C)C(F)F. The van der Waals surface area contributed by atoms with Crippen LogP contribution in [0, 0.1) is 0 Å². The van der Waals surface area contributed by atoms with Gasteiger partial charge < -0.3 is 20.1 Å². The van der Waals surface area contributed by atoms with E-state index < -0.39 is 12.5 Å². The summed E-state index contributed by atoms with van der Waals surface area (Å²) in [4.78, 5) is 0. The number of piperazine rings is 1. The molecule has 6 heteroatoms. The molecule has 0 bridgehead atoms. The summed E-state index contributed by atoms with van der Waals surface area (Å²) >= 11 is 0. The summed E-state index contributed by atoms with van der Waals surface area (Å²) in [5.41, 5.74) is 1.83. The largest absolute Gasteiger partial charge is 0.493 e. The number of hydrogen-bond acceptors (Lipinski definition) is 4. The fraction of sp³-hybridized carbons (Fsp3) is 0.429. The fourth-order valence-electron chi connectivity index (χ4n) is 3.45. The van der Waals surface area contributed by atoms with Gasteiger partial charge in [0.25, 0.3) is 6.43 Å². The van der Waals surface area contributed by atoms with E-state index >= 15 is 0 Å². The van der Waals surface area contributed by atoms with Gasteiger partial charge in [0.15, 0.2) is 17.6 Å². The van der Waals surface area contributed by atoms with E-state index in [0.29, 0.717) is 11.5 Å². The quantitative estimate of drug-likeness (QED) is 0.778. The van der Waals surface area contributed by atoms with Gasteiger partial charge in [0.1, 0.15) is 0 Å². The van der Waals surface area contributed by atoms with E-state index in [0.717, 1.165) is 31.6 Å². The number of benzene rings is 2. The lowest BCUT2D eigenvalue weighted by atomic mass is 9.82. The molecule has 2 atom stereocenters. The van der Waals surface area contributed by atoms with Crippen molar-refractivity contribution in [1.29, 1.82) is 0 Å². The molecule has 146 valence electrons. The van der Waals surface area contributed by atoms with Crippen LogP contribution in [0.4, 0.5) is 8.78 Å². The average Bonchev–Trinajstić information content (AvgIpc) is 2.69. The Hall–Kier alpha value is -2.18. The molecule has 0 amide bonds. The van der Waals surface area contributed by atoms with Crippen LogP contribution in [0.2, 0.25) is 0 Å². The van der Waals surface area contributed by atoms with E-state index in [2.05, 4.69) is 22.8 Å². The maximum atomic E-state index is 13.0. The van der Waals surface area contributed by atoms with Gasteiger partial charge in [-0.2, -0.15) is 0 Å². The average molecular weight is 376 g/mol. The summed E-state index contributed by atoms with van der Waals surface area (Å²) in [6.45, 7) is 3.80. The zero-order valence-corrected chi connectivity index (χ0v) is 15.7. The highest BCUT2D eigenvalue weighted by atomic mass is 19.3. The maximum Gasteiger partial charge on any atom is 0.274 e. The third-order valence-electron chi connectivity index (χ3n) is 4.92. The normalized spacial score (nSPS) is 21.1. The van der Waals surface area contributed by atoms with Crippen LogP contribution in [0.25, 0.3) is 0 Å². The minimum atomic E-state index is -2.56. The Bertz CT molecular complexity index is 734. The van der Waals surface area contributed by atoms with Crippen LogP contribution in [0.3, 0.4) is 0 Å². The highest BCUT2D eigenvalue weighted by molar-refractivity contribution is 5.46. The fourth-order valence-corrected chi connectivity index (χ4v) is 3.45. The molecule has 1 unspecified atom stereocenters. The standard InChI is InChI=1S/C21H26F2N2O2/c1-15(20(22)23)27-19-12-17(8-9-18(19)26-2)21(14-24-10-11-25-21)13-16-6-4-3-5-7-16/h3-9,12,15,20,24-25H,10-11,13-14H2,1-2H3/t15-,21?/m0/s1. The number of halogens is 2. The molecule has 27 heavy (non-hydrogen) atoms. The van der Waals surface area contributed by atoms with Gasteiger partial charge in [0, 0.05) is 19.6 Å². The van der Waals surface area contributed by atoms with Crippen molar-refractivity contribution in [2.45, 2.75) is 31.4 Å². The Morgan fingerprint density at radius 3 is 2.48 bits per heavy atom. The number of ether oxygens (including phenoxy) is 2. The number of alkyl halides is 2. The van der Waals surface area contributed by atoms with Crippen molar-refractivity contribution in [2.24, 2.45) is 0 Å². The predicted octanol–water partition coefficient (Wildman–Crippen LogP) is 3.36. The van der Waals surface area contributed by atoms with Crippen molar-refractivity contribution < 1.29 is 18.3 Å². The minimum absolute atomic E-state index is 0.336. The van der Waals surface area contributed by atoms with Gasteiger partial charge in [-0.3, -0.25) is 0 Å². The number of rotatable bonds is 7. The molecular formula is C21H26F2N2O2. The van der Waals surface area contributed by atoms with E-state index in [1.54, 1.807) is 6.07 Å². The molecule has 3 rings (SSSR count). The molecule has 2 aromatic rings. The van der Waals surface area contributed by atoms with E-state index in [-0.39, 0.29) is 5.54 Å². The first-order chi connectivity index (χ1) is 13.0. The Labute approximate surface area is 158 Å². The van der Waals surface area contributed by atoms with Crippen LogP contribution in [0.5, 0.6) is 11.5 Å².